The van der Waals surface area contributed by atoms with Gasteiger partial charge in [-0.3, -0.25) is 4.68 Å². The van der Waals surface area contributed by atoms with Gasteiger partial charge in [0.2, 0.25) is 10.0 Å². The van der Waals surface area contributed by atoms with Crippen LogP contribution in [0.3, 0.4) is 0 Å². The molecule has 0 aromatic carbocycles. The van der Waals surface area contributed by atoms with E-state index in [0.717, 1.165) is 0 Å². The molecule has 0 saturated carbocycles. The lowest BCUT2D eigenvalue weighted by molar-refractivity contribution is 0.462. The summed E-state index contributed by atoms with van der Waals surface area (Å²) in [6, 6.07) is 0. The maximum absolute atomic E-state index is 11.8. The predicted molar refractivity (Wildman–Crippen MR) is 56.7 cm³/mol. The third-order valence-electron chi connectivity index (χ3n) is 1.91. The molecule has 0 radical (unpaired) electrons. The summed E-state index contributed by atoms with van der Waals surface area (Å²) in [5.74, 6) is 0. The highest BCUT2D eigenvalue weighted by Crippen LogP contribution is 2.10. The molecule has 1 rings (SSSR count). The van der Waals surface area contributed by atoms with Crippen molar-refractivity contribution in [2.24, 2.45) is 12.8 Å². The smallest absolute Gasteiger partial charge is 0.244 e. The van der Waals surface area contributed by atoms with Gasteiger partial charge in [0, 0.05) is 25.3 Å². The maximum Gasteiger partial charge on any atom is 0.244 e. The number of rotatable bonds is 4. The van der Waals surface area contributed by atoms with Crippen LogP contribution >= 0.6 is 0 Å². The first-order valence-electron chi connectivity index (χ1n) is 4.49. The number of sulfonamides is 1. The second kappa shape index (κ2) is 3.92. The van der Waals surface area contributed by atoms with E-state index in [-0.39, 0.29) is 11.4 Å². The first-order chi connectivity index (χ1) is 6.77. The van der Waals surface area contributed by atoms with E-state index in [2.05, 4.69) is 9.82 Å². The number of nitrogens with zero attached hydrogens (tertiary/aromatic N) is 2. The lowest BCUT2D eigenvalue weighted by Crippen LogP contribution is -2.48. The summed E-state index contributed by atoms with van der Waals surface area (Å²) in [7, 11) is -1.86. The molecule has 0 spiro atoms. The predicted octanol–water partition coefficient (Wildman–Crippen LogP) is -0.564. The van der Waals surface area contributed by atoms with Gasteiger partial charge in [0.15, 0.2) is 0 Å². The van der Waals surface area contributed by atoms with Crippen LogP contribution in [0.1, 0.15) is 13.8 Å². The summed E-state index contributed by atoms with van der Waals surface area (Å²) < 4.78 is 27.5. The van der Waals surface area contributed by atoms with Crippen LogP contribution in [0.4, 0.5) is 0 Å². The van der Waals surface area contributed by atoms with Crippen LogP contribution in [0.2, 0.25) is 0 Å². The number of hydrogen-bond acceptors (Lipinski definition) is 4. The molecule has 1 aromatic heterocycles. The topological polar surface area (TPSA) is 90.0 Å². The molecule has 0 aliphatic heterocycles. The van der Waals surface area contributed by atoms with E-state index in [0.29, 0.717) is 0 Å². The lowest BCUT2D eigenvalue weighted by Gasteiger charge is -2.23. The molecule has 0 fully saturated rings. The second-order valence-corrected chi connectivity index (χ2v) is 5.73. The third-order valence-corrected chi connectivity index (χ3v) is 3.57. The van der Waals surface area contributed by atoms with E-state index >= 15 is 0 Å². The monoisotopic (exact) mass is 232 g/mol. The number of aryl methyl sites for hydroxylation is 1. The van der Waals surface area contributed by atoms with E-state index in [9.17, 15) is 8.42 Å². The van der Waals surface area contributed by atoms with Gasteiger partial charge < -0.3 is 5.73 Å². The van der Waals surface area contributed by atoms with Crippen LogP contribution in [-0.4, -0.2) is 30.3 Å². The first-order valence-corrected chi connectivity index (χ1v) is 5.98. The van der Waals surface area contributed by atoms with Crippen molar-refractivity contribution in [1.82, 2.24) is 14.5 Å². The van der Waals surface area contributed by atoms with Gasteiger partial charge in [-0.2, -0.15) is 5.10 Å². The van der Waals surface area contributed by atoms with Gasteiger partial charge in [-0.05, 0) is 13.8 Å². The zero-order chi connectivity index (χ0) is 11.7. The molecule has 1 aromatic rings. The Labute approximate surface area is 89.5 Å². The minimum Gasteiger partial charge on any atom is -0.329 e. The highest BCUT2D eigenvalue weighted by molar-refractivity contribution is 7.89. The van der Waals surface area contributed by atoms with Crippen LogP contribution in [0.5, 0.6) is 0 Å². The molecule has 86 valence electrons. The van der Waals surface area contributed by atoms with Crippen molar-refractivity contribution in [3.63, 3.8) is 0 Å². The molecule has 1 heterocycles. The fourth-order valence-corrected chi connectivity index (χ4v) is 2.41. The summed E-state index contributed by atoms with van der Waals surface area (Å²) in [6.07, 6.45) is 2.74. The molecule has 3 N–H and O–H groups in total. The van der Waals surface area contributed by atoms with Crippen LogP contribution in [-0.2, 0) is 17.1 Å². The Bertz CT molecular complexity index is 435. The minimum atomic E-state index is -3.52. The van der Waals surface area contributed by atoms with Crippen LogP contribution in [0.25, 0.3) is 0 Å². The Balaban J connectivity index is 2.95. The van der Waals surface area contributed by atoms with E-state index < -0.39 is 15.6 Å². The van der Waals surface area contributed by atoms with E-state index in [1.807, 2.05) is 0 Å². The van der Waals surface area contributed by atoms with Gasteiger partial charge in [-0.25, -0.2) is 13.1 Å². The maximum atomic E-state index is 11.8. The summed E-state index contributed by atoms with van der Waals surface area (Å²) in [5, 5.41) is 3.80. The van der Waals surface area contributed by atoms with Crippen molar-refractivity contribution < 1.29 is 8.42 Å². The fraction of sp³-hybridized carbons (Fsp3) is 0.625. The van der Waals surface area contributed by atoms with Gasteiger partial charge in [0.05, 0.1) is 6.20 Å². The normalized spacial score (nSPS) is 13.1. The summed E-state index contributed by atoms with van der Waals surface area (Å²) in [4.78, 5) is 0.145. The standard InChI is InChI=1S/C8H16N4O2S/c1-8(2,6-9)11-15(13,14)7-4-10-12(3)5-7/h4-5,11H,6,9H2,1-3H3. The molecule has 0 amide bonds. The quantitative estimate of drug-likeness (QED) is 0.728. The zero-order valence-electron chi connectivity index (χ0n) is 9.06. The van der Waals surface area contributed by atoms with Gasteiger partial charge in [0.25, 0.3) is 0 Å². The molecule has 0 aliphatic carbocycles. The Morgan fingerprint density at radius 2 is 2.20 bits per heavy atom. The van der Waals surface area contributed by atoms with Crippen molar-refractivity contribution in [2.45, 2.75) is 24.3 Å². The fourth-order valence-electron chi connectivity index (χ4n) is 1.00. The van der Waals surface area contributed by atoms with Gasteiger partial charge in [0.1, 0.15) is 4.90 Å². The minimum absolute atomic E-state index is 0.145. The Kier molecular flexibility index (Phi) is 3.17. The molecule has 15 heavy (non-hydrogen) atoms. The third kappa shape index (κ3) is 3.01. The van der Waals surface area contributed by atoms with Crippen molar-refractivity contribution in [3.05, 3.63) is 12.4 Å². The van der Waals surface area contributed by atoms with Crippen molar-refractivity contribution >= 4 is 10.0 Å². The molecule has 7 heteroatoms. The molecule has 0 atom stereocenters. The highest BCUT2D eigenvalue weighted by atomic mass is 32.2. The largest absolute Gasteiger partial charge is 0.329 e. The average Bonchev–Trinajstić information content (AvgIpc) is 2.51. The first kappa shape index (κ1) is 12.2. The highest BCUT2D eigenvalue weighted by Gasteiger charge is 2.25. The van der Waals surface area contributed by atoms with E-state index in [1.165, 1.54) is 17.1 Å². The Morgan fingerprint density at radius 1 is 1.60 bits per heavy atom. The number of hydrogen-bond donors (Lipinski definition) is 2. The number of nitrogens with two attached hydrogens (primary N) is 1. The molecular weight excluding hydrogens is 216 g/mol. The Morgan fingerprint density at radius 3 is 2.60 bits per heavy atom. The van der Waals surface area contributed by atoms with Crippen LogP contribution in [0, 0.1) is 0 Å². The molecule has 0 unspecified atom stereocenters. The molecule has 0 aliphatic rings. The van der Waals surface area contributed by atoms with Gasteiger partial charge in [-0.15, -0.1) is 0 Å². The van der Waals surface area contributed by atoms with Crippen molar-refractivity contribution in [3.8, 4) is 0 Å². The summed E-state index contributed by atoms with van der Waals surface area (Å²) in [5.41, 5.74) is 4.79. The molecule has 6 nitrogen and oxygen atoms in total. The van der Waals surface area contributed by atoms with Gasteiger partial charge in [-0.1, -0.05) is 0 Å². The van der Waals surface area contributed by atoms with Crippen molar-refractivity contribution in [2.75, 3.05) is 6.54 Å². The summed E-state index contributed by atoms with van der Waals surface area (Å²) in [6.45, 7) is 3.67. The Hall–Kier alpha value is -0.920. The van der Waals surface area contributed by atoms with E-state index in [4.69, 9.17) is 5.73 Å². The van der Waals surface area contributed by atoms with E-state index in [1.54, 1.807) is 20.9 Å². The van der Waals surface area contributed by atoms with Crippen molar-refractivity contribution in [1.29, 1.82) is 0 Å². The summed E-state index contributed by atoms with van der Waals surface area (Å²) >= 11 is 0. The number of nitrogens with one attached hydrogen (secondary N) is 1. The molecule has 0 bridgehead atoms. The number of aromatic nitrogens is 2. The lowest BCUT2D eigenvalue weighted by atomic mass is 10.1. The zero-order valence-corrected chi connectivity index (χ0v) is 9.87. The average molecular weight is 232 g/mol. The molecular formula is C8H16N4O2S. The van der Waals surface area contributed by atoms with Crippen LogP contribution in [0.15, 0.2) is 17.3 Å². The van der Waals surface area contributed by atoms with Gasteiger partial charge >= 0.3 is 0 Å². The van der Waals surface area contributed by atoms with Crippen LogP contribution < -0.4 is 10.5 Å². The SMILES string of the molecule is Cn1cc(S(=O)(=O)NC(C)(C)CN)cn1. The molecule has 0 saturated heterocycles. The second-order valence-electron chi connectivity index (χ2n) is 4.04.